The van der Waals surface area contributed by atoms with Crippen LogP contribution in [0.2, 0.25) is 0 Å². The van der Waals surface area contributed by atoms with Gasteiger partial charge >= 0.3 is 0 Å². The van der Waals surface area contributed by atoms with E-state index in [0.717, 1.165) is 0 Å². The number of ether oxygens (including phenoxy) is 1. The average molecular weight is 303 g/mol. The van der Waals surface area contributed by atoms with E-state index in [2.05, 4.69) is 0 Å². The van der Waals surface area contributed by atoms with Crippen molar-refractivity contribution in [1.82, 2.24) is 8.87 Å². The van der Waals surface area contributed by atoms with Crippen LogP contribution in [0.5, 0.6) is 0 Å². The third-order valence-corrected chi connectivity index (χ3v) is 5.14. The summed E-state index contributed by atoms with van der Waals surface area (Å²) < 4.78 is 32.8. The molecule has 9 heteroatoms. The molecular formula is C11H17N3O5S. The maximum Gasteiger partial charge on any atom is 0.265 e. The summed E-state index contributed by atoms with van der Waals surface area (Å²) in [5.74, 6) is -0.699. The number of nitrogens with zero attached hydrogens (tertiary/aromatic N) is 2. The lowest BCUT2D eigenvalue weighted by Gasteiger charge is -2.33. The summed E-state index contributed by atoms with van der Waals surface area (Å²) in [7, 11) is -2.25. The number of aliphatic hydroxyl groups excluding tert-OH is 1. The Morgan fingerprint density at radius 2 is 2.30 bits per heavy atom. The smallest absolute Gasteiger partial charge is 0.265 e. The number of hydrogen-bond acceptors (Lipinski definition) is 5. The highest BCUT2D eigenvalue weighted by Crippen LogP contribution is 2.22. The van der Waals surface area contributed by atoms with Gasteiger partial charge in [0.15, 0.2) is 0 Å². The first-order valence-corrected chi connectivity index (χ1v) is 7.48. The lowest BCUT2D eigenvalue weighted by Crippen LogP contribution is -2.50. The molecule has 1 aromatic rings. The fourth-order valence-electron chi connectivity index (χ4n) is 2.16. The molecule has 0 aliphatic carbocycles. The molecule has 1 aliphatic rings. The number of amides is 1. The second-order valence-electron chi connectivity index (χ2n) is 4.56. The largest absolute Gasteiger partial charge is 0.395 e. The molecule has 0 radical (unpaired) electrons. The number of sulfonamides is 1. The Morgan fingerprint density at radius 1 is 1.60 bits per heavy atom. The van der Waals surface area contributed by atoms with Gasteiger partial charge in [0, 0.05) is 19.8 Å². The number of rotatable bonds is 4. The van der Waals surface area contributed by atoms with Crippen LogP contribution in [0.25, 0.3) is 0 Å². The number of nitrogens with two attached hydrogens (primary N) is 1. The van der Waals surface area contributed by atoms with Crippen LogP contribution < -0.4 is 5.73 Å². The van der Waals surface area contributed by atoms with Gasteiger partial charge in [-0.15, -0.1) is 0 Å². The molecule has 1 fully saturated rings. The Hall–Kier alpha value is -1.42. The quantitative estimate of drug-likeness (QED) is 0.703. The molecule has 1 atom stereocenters. The first kappa shape index (κ1) is 15.0. The van der Waals surface area contributed by atoms with E-state index >= 15 is 0 Å². The Kier molecular flexibility index (Phi) is 4.14. The molecule has 2 rings (SSSR count). The SMILES string of the molecule is Cn1cc(S(=O)(=O)N2CCOCC2CO)cc1C(N)=O. The number of aryl methyl sites for hydroxylation is 1. The van der Waals surface area contributed by atoms with Crippen molar-refractivity contribution < 1.29 is 23.1 Å². The summed E-state index contributed by atoms with van der Waals surface area (Å²) in [5, 5.41) is 9.25. The lowest BCUT2D eigenvalue weighted by atomic mass is 10.3. The minimum Gasteiger partial charge on any atom is -0.395 e. The predicted octanol–water partition coefficient (Wildman–Crippen LogP) is -1.49. The van der Waals surface area contributed by atoms with E-state index in [4.69, 9.17) is 10.5 Å². The third-order valence-electron chi connectivity index (χ3n) is 3.22. The minimum atomic E-state index is -3.79. The van der Waals surface area contributed by atoms with Crippen molar-refractivity contribution in [3.8, 4) is 0 Å². The van der Waals surface area contributed by atoms with Crippen molar-refractivity contribution in [3.63, 3.8) is 0 Å². The molecule has 0 bridgehead atoms. The van der Waals surface area contributed by atoms with Gasteiger partial charge in [-0.3, -0.25) is 4.79 Å². The van der Waals surface area contributed by atoms with Crippen LogP contribution in [0.4, 0.5) is 0 Å². The highest BCUT2D eigenvalue weighted by molar-refractivity contribution is 7.89. The number of morpholine rings is 1. The number of carbonyl (C=O) groups excluding carboxylic acids is 1. The van der Waals surface area contributed by atoms with Crippen molar-refractivity contribution in [2.24, 2.45) is 12.8 Å². The van der Waals surface area contributed by atoms with Crippen molar-refractivity contribution in [2.45, 2.75) is 10.9 Å². The molecule has 20 heavy (non-hydrogen) atoms. The van der Waals surface area contributed by atoms with E-state index in [1.165, 1.54) is 21.1 Å². The molecule has 1 aromatic heterocycles. The van der Waals surface area contributed by atoms with E-state index in [0.29, 0.717) is 0 Å². The molecule has 1 amide bonds. The van der Waals surface area contributed by atoms with Gasteiger partial charge in [0.05, 0.1) is 25.9 Å². The van der Waals surface area contributed by atoms with Crippen LogP contribution in [-0.2, 0) is 21.8 Å². The minimum absolute atomic E-state index is 0.0193. The molecule has 2 heterocycles. The van der Waals surface area contributed by atoms with Gasteiger partial charge in [-0.2, -0.15) is 4.31 Å². The molecule has 1 aliphatic heterocycles. The molecule has 0 spiro atoms. The topological polar surface area (TPSA) is 115 Å². The van der Waals surface area contributed by atoms with Gasteiger partial charge < -0.3 is 20.1 Å². The van der Waals surface area contributed by atoms with Crippen LogP contribution in [0.3, 0.4) is 0 Å². The third kappa shape index (κ3) is 2.57. The van der Waals surface area contributed by atoms with Crippen LogP contribution >= 0.6 is 0 Å². The summed E-state index contributed by atoms with van der Waals surface area (Å²) in [4.78, 5) is 11.2. The van der Waals surface area contributed by atoms with Crippen LogP contribution in [0.1, 0.15) is 10.5 Å². The molecule has 1 unspecified atom stereocenters. The fourth-order valence-corrected chi connectivity index (χ4v) is 3.81. The summed E-state index contributed by atoms with van der Waals surface area (Å²) in [6, 6.07) is 0.618. The van der Waals surface area contributed by atoms with Gasteiger partial charge in [-0.05, 0) is 6.07 Å². The standard InChI is InChI=1S/C11H17N3O5S/c1-13-5-9(4-10(13)11(12)16)20(17,18)14-2-3-19-7-8(14)6-15/h4-5,8,15H,2-3,6-7H2,1H3,(H2,12,16). The molecule has 0 aromatic carbocycles. The zero-order valence-electron chi connectivity index (χ0n) is 11.0. The van der Waals surface area contributed by atoms with E-state index < -0.39 is 22.0 Å². The second kappa shape index (κ2) is 5.52. The number of carbonyl (C=O) groups is 1. The highest BCUT2D eigenvalue weighted by Gasteiger charge is 2.34. The van der Waals surface area contributed by atoms with Crippen molar-refractivity contribution in [1.29, 1.82) is 0 Å². The maximum atomic E-state index is 12.5. The fraction of sp³-hybridized carbons (Fsp3) is 0.545. The van der Waals surface area contributed by atoms with Gasteiger partial charge in [0.1, 0.15) is 10.6 Å². The summed E-state index contributed by atoms with van der Waals surface area (Å²) in [5.41, 5.74) is 5.28. The zero-order chi connectivity index (χ0) is 14.9. The maximum absolute atomic E-state index is 12.5. The number of hydrogen-bond donors (Lipinski definition) is 2. The van der Waals surface area contributed by atoms with Gasteiger partial charge in [0.25, 0.3) is 5.91 Å². The molecule has 1 saturated heterocycles. The van der Waals surface area contributed by atoms with Crippen molar-refractivity contribution >= 4 is 15.9 Å². The Labute approximate surface area is 116 Å². The van der Waals surface area contributed by atoms with Crippen molar-refractivity contribution in [3.05, 3.63) is 18.0 Å². The van der Waals surface area contributed by atoms with E-state index in [9.17, 15) is 18.3 Å². The van der Waals surface area contributed by atoms with Crippen LogP contribution in [-0.4, -0.2) is 60.7 Å². The monoisotopic (exact) mass is 303 g/mol. The molecule has 8 nitrogen and oxygen atoms in total. The van der Waals surface area contributed by atoms with Crippen LogP contribution in [0, 0.1) is 0 Å². The highest BCUT2D eigenvalue weighted by atomic mass is 32.2. The molecule has 0 saturated carbocycles. The van der Waals surface area contributed by atoms with Gasteiger partial charge in [0.2, 0.25) is 10.0 Å². The number of aromatic nitrogens is 1. The first-order valence-electron chi connectivity index (χ1n) is 6.04. The van der Waals surface area contributed by atoms with E-state index in [1.807, 2.05) is 0 Å². The second-order valence-corrected chi connectivity index (χ2v) is 6.45. The Balaban J connectivity index is 2.39. The predicted molar refractivity (Wildman–Crippen MR) is 69.5 cm³/mol. The normalized spacial score (nSPS) is 21.0. The zero-order valence-corrected chi connectivity index (χ0v) is 11.8. The summed E-state index contributed by atoms with van der Waals surface area (Å²) >= 11 is 0. The lowest BCUT2D eigenvalue weighted by molar-refractivity contribution is 0.0109. The summed E-state index contributed by atoms with van der Waals surface area (Å²) in [6.07, 6.45) is 1.33. The Morgan fingerprint density at radius 3 is 2.85 bits per heavy atom. The van der Waals surface area contributed by atoms with Gasteiger partial charge in [-0.1, -0.05) is 0 Å². The molecular weight excluding hydrogens is 286 g/mol. The van der Waals surface area contributed by atoms with Crippen molar-refractivity contribution in [2.75, 3.05) is 26.4 Å². The van der Waals surface area contributed by atoms with Gasteiger partial charge in [-0.25, -0.2) is 8.42 Å². The summed E-state index contributed by atoms with van der Waals surface area (Å²) in [6.45, 7) is 0.250. The van der Waals surface area contributed by atoms with E-state index in [-0.39, 0.29) is 37.0 Å². The van der Waals surface area contributed by atoms with E-state index in [1.54, 1.807) is 7.05 Å². The average Bonchev–Trinajstić information content (AvgIpc) is 2.81. The number of aliphatic hydroxyl groups is 1. The Bertz CT molecular complexity index is 610. The van der Waals surface area contributed by atoms with Crippen LogP contribution in [0.15, 0.2) is 17.2 Å². The molecule has 3 N–H and O–H groups in total. The number of primary amides is 1. The first-order chi connectivity index (χ1) is 9.37. The molecule has 112 valence electrons.